The largest absolute Gasteiger partial charge is 0.495 e. The smallest absolute Gasteiger partial charge is 0.305 e. The zero-order valence-corrected chi connectivity index (χ0v) is 14.5. The summed E-state index contributed by atoms with van der Waals surface area (Å²) in [4.78, 5) is 11.0. The highest BCUT2D eigenvalue weighted by Crippen LogP contribution is 2.15. The van der Waals surface area contributed by atoms with Crippen LogP contribution >= 0.6 is 0 Å². The van der Waals surface area contributed by atoms with Crippen LogP contribution in [0, 0.1) is 11.8 Å². The summed E-state index contributed by atoms with van der Waals surface area (Å²) >= 11 is 0. The average Bonchev–Trinajstić information content (AvgIpc) is 2.64. The van der Waals surface area contributed by atoms with Gasteiger partial charge in [-0.25, -0.2) is 0 Å². The summed E-state index contributed by atoms with van der Waals surface area (Å²) < 4.78 is 9.72. The van der Waals surface area contributed by atoms with Crippen LogP contribution in [0.4, 0.5) is 0 Å². The Kier molecular flexibility index (Phi) is 9.76. The lowest BCUT2D eigenvalue weighted by Crippen LogP contribution is -2.23. The number of carbonyl (C=O) groups excluding carboxylic acids is 1. The first kappa shape index (κ1) is 20.5. The Labute approximate surface area is 148 Å². The van der Waals surface area contributed by atoms with Gasteiger partial charge in [-0.15, -0.1) is 0 Å². The molecule has 1 aromatic rings. The standard InChI is InChI=1S/C20H24O5/c1-24-19-14-8-7-11-16(19)10-5-3-4-6-12-17(21)18(22)13-9-15-20(23)25-2/h3-4,6-8,11-12,14,17-18,21-22H,9,13,15H2,1-2H3/b4-3+,12-6+/t17-,18+/m1/s1. The lowest BCUT2D eigenvalue weighted by Gasteiger charge is -2.13. The van der Waals surface area contributed by atoms with Gasteiger partial charge < -0.3 is 19.7 Å². The Hall–Kier alpha value is -2.55. The Morgan fingerprint density at radius 3 is 2.72 bits per heavy atom. The van der Waals surface area contributed by atoms with Crippen LogP contribution in [0.25, 0.3) is 0 Å². The second kappa shape index (κ2) is 11.9. The zero-order valence-electron chi connectivity index (χ0n) is 14.5. The quantitative estimate of drug-likeness (QED) is 0.430. The first-order chi connectivity index (χ1) is 12.1. The van der Waals surface area contributed by atoms with Gasteiger partial charge in [0.15, 0.2) is 0 Å². The fourth-order valence-electron chi connectivity index (χ4n) is 2.01. The third-order valence-electron chi connectivity index (χ3n) is 3.42. The number of hydrogen-bond acceptors (Lipinski definition) is 5. The number of aliphatic hydroxyl groups excluding tert-OH is 2. The molecule has 1 aromatic carbocycles. The van der Waals surface area contributed by atoms with E-state index in [1.165, 1.54) is 13.2 Å². The van der Waals surface area contributed by atoms with Crippen molar-refractivity contribution < 1.29 is 24.5 Å². The normalized spacial score (nSPS) is 13.3. The summed E-state index contributed by atoms with van der Waals surface area (Å²) in [6.45, 7) is 0. The molecule has 0 aliphatic carbocycles. The van der Waals surface area contributed by atoms with Crippen LogP contribution in [0.1, 0.15) is 24.8 Å². The van der Waals surface area contributed by atoms with E-state index in [0.717, 1.165) is 5.56 Å². The molecule has 0 aliphatic rings. The molecule has 0 radical (unpaired) electrons. The molecule has 0 aliphatic heterocycles. The minimum atomic E-state index is -0.996. The van der Waals surface area contributed by atoms with Crippen molar-refractivity contribution in [2.75, 3.05) is 14.2 Å². The monoisotopic (exact) mass is 344 g/mol. The van der Waals surface area contributed by atoms with Gasteiger partial charge in [-0.3, -0.25) is 4.79 Å². The molecule has 5 nitrogen and oxygen atoms in total. The van der Waals surface area contributed by atoms with Crippen molar-refractivity contribution in [2.45, 2.75) is 31.5 Å². The number of methoxy groups -OCH3 is 2. The second-order valence-electron chi connectivity index (χ2n) is 5.24. The van der Waals surface area contributed by atoms with Crippen LogP contribution in [-0.2, 0) is 9.53 Å². The summed E-state index contributed by atoms with van der Waals surface area (Å²) in [5.41, 5.74) is 0.791. The molecular formula is C20H24O5. The van der Waals surface area contributed by atoms with E-state index in [1.807, 2.05) is 24.3 Å². The maximum absolute atomic E-state index is 11.0. The molecule has 0 heterocycles. The molecule has 0 unspecified atom stereocenters. The molecule has 0 spiro atoms. The van der Waals surface area contributed by atoms with Gasteiger partial charge in [-0.05, 0) is 31.1 Å². The van der Waals surface area contributed by atoms with Crippen molar-refractivity contribution in [3.8, 4) is 17.6 Å². The highest BCUT2D eigenvalue weighted by molar-refractivity contribution is 5.68. The highest BCUT2D eigenvalue weighted by Gasteiger charge is 2.13. The lowest BCUT2D eigenvalue weighted by atomic mass is 10.1. The summed E-state index contributed by atoms with van der Waals surface area (Å²) in [6, 6.07) is 7.46. The molecule has 2 atom stereocenters. The van der Waals surface area contributed by atoms with Crippen LogP contribution in [0.15, 0.2) is 48.6 Å². The highest BCUT2D eigenvalue weighted by atomic mass is 16.5. The van der Waals surface area contributed by atoms with Crippen LogP contribution in [0.3, 0.4) is 0 Å². The maximum Gasteiger partial charge on any atom is 0.305 e. The van der Waals surface area contributed by atoms with Gasteiger partial charge in [-0.2, -0.15) is 0 Å². The first-order valence-corrected chi connectivity index (χ1v) is 7.99. The van der Waals surface area contributed by atoms with E-state index >= 15 is 0 Å². The molecule has 0 fully saturated rings. The van der Waals surface area contributed by atoms with Gasteiger partial charge in [0.2, 0.25) is 0 Å². The minimum absolute atomic E-state index is 0.225. The summed E-state index contributed by atoms with van der Waals surface area (Å²) in [5.74, 6) is 6.23. The number of aliphatic hydroxyl groups is 2. The lowest BCUT2D eigenvalue weighted by molar-refractivity contribution is -0.140. The van der Waals surface area contributed by atoms with Gasteiger partial charge in [0.25, 0.3) is 0 Å². The average molecular weight is 344 g/mol. The number of ether oxygens (including phenoxy) is 2. The number of para-hydroxylation sites is 1. The van der Waals surface area contributed by atoms with E-state index in [-0.39, 0.29) is 12.4 Å². The summed E-state index contributed by atoms with van der Waals surface area (Å²) in [5, 5.41) is 19.6. The maximum atomic E-state index is 11.0. The van der Waals surface area contributed by atoms with E-state index < -0.39 is 12.2 Å². The molecule has 0 aromatic heterocycles. The van der Waals surface area contributed by atoms with Crippen LogP contribution in [0.2, 0.25) is 0 Å². The number of rotatable bonds is 8. The SMILES string of the molecule is COC(=O)CCC[C@H](O)[C@H](O)/C=C/C=C/C#Cc1ccccc1OC. The number of allylic oxidation sites excluding steroid dienone is 3. The van der Waals surface area contributed by atoms with E-state index in [2.05, 4.69) is 16.6 Å². The molecule has 0 bridgehead atoms. The van der Waals surface area contributed by atoms with Gasteiger partial charge in [0.05, 0.1) is 32.0 Å². The van der Waals surface area contributed by atoms with Crippen molar-refractivity contribution >= 4 is 5.97 Å². The molecule has 0 saturated heterocycles. The van der Waals surface area contributed by atoms with Crippen molar-refractivity contribution in [1.82, 2.24) is 0 Å². The molecule has 5 heteroatoms. The Bertz CT molecular complexity index is 652. The topological polar surface area (TPSA) is 76.0 Å². The Morgan fingerprint density at radius 1 is 1.24 bits per heavy atom. The molecule has 25 heavy (non-hydrogen) atoms. The number of hydrogen-bond donors (Lipinski definition) is 2. The molecular weight excluding hydrogens is 320 g/mol. The Balaban J connectivity index is 2.42. The first-order valence-electron chi connectivity index (χ1n) is 7.99. The van der Waals surface area contributed by atoms with E-state index in [9.17, 15) is 15.0 Å². The third kappa shape index (κ3) is 8.20. The second-order valence-corrected chi connectivity index (χ2v) is 5.24. The van der Waals surface area contributed by atoms with Crippen LogP contribution < -0.4 is 4.74 Å². The zero-order chi connectivity index (χ0) is 18.5. The van der Waals surface area contributed by atoms with Crippen LogP contribution in [0.5, 0.6) is 5.75 Å². The molecule has 0 saturated carbocycles. The van der Waals surface area contributed by atoms with Gasteiger partial charge in [0, 0.05) is 6.42 Å². The predicted octanol–water partition coefficient (Wildman–Crippen LogP) is 2.22. The van der Waals surface area contributed by atoms with Crippen molar-refractivity contribution in [1.29, 1.82) is 0 Å². The van der Waals surface area contributed by atoms with E-state index in [4.69, 9.17) is 4.74 Å². The van der Waals surface area contributed by atoms with E-state index in [1.54, 1.807) is 25.3 Å². The number of esters is 1. The van der Waals surface area contributed by atoms with Crippen LogP contribution in [-0.4, -0.2) is 42.6 Å². The van der Waals surface area contributed by atoms with Gasteiger partial charge in [0.1, 0.15) is 5.75 Å². The molecule has 0 amide bonds. The molecule has 1 rings (SSSR count). The predicted molar refractivity (Wildman–Crippen MR) is 96.0 cm³/mol. The number of carbonyl (C=O) groups is 1. The van der Waals surface area contributed by atoms with Crippen molar-refractivity contribution in [3.63, 3.8) is 0 Å². The summed E-state index contributed by atoms with van der Waals surface area (Å²) in [7, 11) is 2.91. The fraction of sp³-hybridized carbons (Fsp3) is 0.350. The fourth-order valence-corrected chi connectivity index (χ4v) is 2.01. The minimum Gasteiger partial charge on any atom is -0.495 e. The molecule has 134 valence electrons. The van der Waals surface area contributed by atoms with E-state index in [0.29, 0.717) is 18.6 Å². The number of benzene rings is 1. The van der Waals surface area contributed by atoms with Gasteiger partial charge in [-0.1, -0.05) is 42.2 Å². The van der Waals surface area contributed by atoms with Gasteiger partial charge >= 0.3 is 5.97 Å². The van der Waals surface area contributed by atoms with Crippen molar-refractivity contribution in [3.05, 3.63) is 54.1 Å². The molecule has 2 N–H and O–H groups in total. The summed E-state index contributed by atoms with van der Waals surface area (Å²) in [6.07, 6.45) is 5.49. The van der Waals surface area contributed by atoms with Crippen molar-refractivity contribution in [2.24, 2.45) is 0 Å². The third-order valence-corrected chi connectivity index (χ3v) is 3.42. The Morgan fingerprint density at radius 2 is 2.00 bits per heavy atom.